The van der Waals surface area contributed by atoms with Gasteiger partial charge in [0.15, 0.2) is 5.65 Å². The van der Waals surface area contributed by atoms with Gasteiger partial charge in [0.1, 0.15) is 11.6 Å². The van der Waals surface area contributed by atoms with Gasteiger partial charge >= 0.3 is 0 Å². The van der Waals surface area contributed by atoms with Crippen molar-refractivity contribution in [3.05, 3.63) is 57.2 Å². The Balaban J connectivity index is 1.41. The minimum absolute atomic E-state index is 0.0400. The second kappa shape index (κ2) is 7.48. The number of carbonyl (C=O) groups is 1. The molecular formula is C23H24ClFN4O2. The lowest BCUT2D eigenvalue weighted by Gasteiger charge is -2.35. The molecule has 1 aromatic carbocycles. The Morgan fingerprint density at radius 3 is 2.81 bits per heavy atom. The predicted molar refractivity (Wildman–Crippen MR) is 115 cm³/mol. The molecule has 1 amide bonds. The van der Waals surface area contributed by atoms with E-state index >= 15 is 0 Å². The van der Waals surface area contributed by atoms with Crippen molar-refractivity contribution < 1.29 is 13.9 Å². The molecule has 0 bridgehead atoms. The van der Waals surface area contributed by atoms with Crippen molar-refractivity contribution in [3.63, 3.8) is 0 Å². The van der Waals surface area contributed by atoms with Crippen LogP contribution in [0.25, 0.3) is 5.65 Å². The monoisotopic (exact) mass is 442 g/mol. The maximum atomic E-state index is 13.9. The van der Waals surface area contributed by atoms with Crippen molar-refractivity contribution in [1.29, 1.82) is 0 Å². The summed E-state index contributed by atoms with van der Waals surface area (Å²) in [6, 6.07) is 4.13. The van der Waals surface area contributed by atoms with Gasteiger partial charge in [0, 0.05) is 11.6 Å². The van der Waals surface area contributed by atoms with E-state index in [0.717, 1.165) is 47.6 Å². The summed E-state index contributed by atoms with van der Waals surface area (Å²) in [4.78, 5) is 19.6. The molecule has 3 heterocycles. The molecule has 1 aliphatic carbocycles. The van der Waals surface area contributed by atoms with E-state index in [-0.39, 0.29) is 12.0 Å². The molecule has 1 fully saturated rings. The number of carbonyl (C=O) groups excluding carboxylic acids is 1. The SMILES string of the molecule is CC[C@H]1C[C@H](Oc2cc(F)ccc2C(=O)N2Cc3nn4c(C)c(Cl)c(C)nc4c3C2)C1. The van der Waals surface area contributed by atoms with E-state index in [4.69, 9.17) is 16.3 Å². The third kappa shape index (κ3) is 3.35. The Morgan fingerprint density at radius 2 is 2.06 bits per heavy atom. The summed E-state index contributed by atoms with van der Waals surface area (Å²) in [6.07, 6.45) is 3.04. The fraction of sp³-hybridized carbons (Fsp3) is 0.435. The number of rotatable bonds is 4. The van der Waals surface area contributed by atoms with Crippen molar-refractivity contribution in [3.8, 4) is 5.75 Å². The minimum Gasteiger partial charge on any atom is -0.489 e. The Labute approximate surface area is 185 Å². The van der Waals surface area contributed by atoms with E-state index in [1.165, 1.54) is 18.2 Å². The molecule has 2 aromatic heterocycles. The first-order valence-corrected chi connectivity index (χ1v) is 11.0. The Morgan fingerprint density at radius 1 is 1.29 bits per heavy atom. The fourth-order valence-corrected chi connectivity index (χ4v) is 4.60. The number of nitrogens with zero attached hydrogens (tertiary/aromatic N) is 4. The smallest absolute Gasteiger partial charge is 0.258 e. The van der Waals surface area contributed by atoms with Crippen LogP contribution in [-0.2, 0) is 13.1 Å². The number of hydrogen-bond acceptors (Lipinski definition) is 4. The van der Waals surface area contributed by atoms with E-state index in [1.54, 1.807) is 9.42 Å². The first-order valence-electron chi connectivity index (χ1n) is 10.6. The number of halogens is 2. The molecule has 1 saturated carbocycles. The lowest BCUT2D eigenvalue weighted by molar-refractivity contribution is 0.0587. The van der Waals surface area contributed by atoms with Crippen molar-refractivity contribution in [2.75, 3.05) is 0 Å². The number of aromatic nitrogens is 3. The first kappa shape index (κ1) is 20.2. The highest BCUT2D eigenvalue weighted by molar-refractivity contribution is 6.31. The van der Waals surface area contributed by atoms with Gasteiger partial charge in [-0.05, 0) is 44.7 Å². The van der Waals surface area contributed by atoms with E-state index < -0.39 is 5.82 Å². The molecule has 0 N–H and O–H groups in total. The number of benzene rings is 1. The molecule has 2 aliphatic rings. The van der Waals surface area contributed by atoms with Crippen LogP contribution in [0.4, 0.5) is 4.39 Å². The molecule has 0 spiro atoms. The zero-order chi connectivity index (χ0) is 21.9. The van der Waals surface area contributed by atoms with Gasteiger partial charge in [0.2, 0.25) is 0 Å². The largest absolute Gasteiger partial charge is 0.489 e. The lowest BCUT2D eigenvalue weighted by Crippen LogP contribution is -2.34. The van der Waals surface area contributed by atoms with Gasteiger partial charge in [0.05, 0.1) is 46.9 Å². The molecule has 0 saturated heterocycles. The lowest BCUT2D eigenvalue weighted by atomic mass is 9.80. The van der Waals surface area contributed by atoms with Gasteiger partial charge in [-0.1, -0.05) is 24.9 Å². The van der Waals surface area contributed by atoms with Gasteiger partial charge in [-0.2, -0.15) is 5.10 Å². The first-order chi connectivity index (χ1) is 14.9. The summed E-state index contributed by atoms with van der Waals surface area (Å²) < 4.78 is 21.7. The standard InChI is InChI=1S/C23H24ClFN4O2/c1-4-14-7-16(8-14)31-20-9-15(25)5-6-17(20)23(30)28-10-18-19(11-28)27-29-13(3)21(24)12(2)26-22(18)29/h5-6,9,14,16H,4,7-8,10-11H2,1-3H3/t14-,16-. The fourth-order valence-electron chi connectivity index (χ4n) is 4.48. The molecule has 162 valence electrons. The zero-order valence-corrected chi connectivity index (χ0v) is 18.5. The Hall–Kier alpha value is -2.67. The summed E-state index contributed by atoms with van der Waals surface area (Å²) in [5.74, 6) is 0.364. The third-order valence-corrected chi connectivity index (χ3v) is 7.03. The van der Waals surface area contributed by atoms with Crippen LogP contribution in [0, 0.1) is 25.6 Å². The van der Waals surface area contributed by atoms with Gasteiger partial charge < -0.3 is 9.64 Å². The van der Waals surface area contributed by atoms with Gasteiger partial charge in [0.25, 0.3) is 5.91 Å². The molecule has 8 heteroatoms. The van der Waals surface area contributed by atoms with Gasteiger partial charge in [-0.15, -0.1) is 0 Å². The number of amides is 1. The second-order valence-electron chi connectivity index (χ2n) is 8.54. The highest BCUT2D eigenvalue weighted by Gasteiger charge is 2.34. The maximum absolute atomic E-state index is 13.9. The number of aryl methyl sites for hydroxylation is 2. The van der Waals surface area contributed by atoms with Crippen LogP contribution in [0.15, 0.2) is 18.2 Å². The van der Waals surface area contributed by atoms with Crippen molar-refractivity contribution in [1.82, 2.24) is 19.5 Å². The highest BCUT2D eigenvalue weighted by Crippen LogP contribution is 2.36. The Bertz CT molecular complexity index is 1200. The summed E-state index contributed by atoms with van der Waals surface area (Å²) in [5, 5.41) is 5.22. The average molecular weight is 443 g/mol. The number of hydrogen-bond donors (Lipinski definition) is 0. The van der Waals surface area contributed by atoms with E-state index in [0.29, 0.717) is 35.3 Å². The van der Waals surface area contributed by atoms with Crippen LogP contribution >= 0.6 is 11.6 Å². The molecule has 5 rings (SSSR count). The predicted octanol–water partition coefficient (Wildman–Crippen LogP) is 4.86. The topological polar surface area (TPSA) is 59.7 Å². The van der Waals surface area contributed by atoms with Crippen LogP contribution in [0.1, 0.15) is 59.2 Å². The Kier molecular flexibility index (Phi) is 4.88. The third-order valence-electron chi connectivity index (χ3n) is 6.48. The van der Waals surface area contributed by atoms with Crippen molar-refractivity contribution in [2.45, 2.75) is 59.2 Å². The zero-order valence-electron chi connectivity index (χ0n) is 17.8. The molecule has 1 aliphatic heterocycles. The summed E-state index contributed by atoms with van der Waals surface area (Å²) >= 11 is 6.31. The highest BCUT2D eigenvalue weighted by atomic mass is 35.5. The summed E-state index contributed by atoms with van der Waals surface area (Å²) in [7, 11) is 0. The van der Waals surface area contributed by atoms with Gasteiger partial charge in [-0.3, -0.25) is 4.79 Å². The molecule has 0 radical (unpaired) electrons. The molecule has 6 nitrogen and oxygen atoms in total. The van der Waals surface area contributed by atoms with Crippen LogP contribution in [0.3, 0.4) is 0 Å². The van der Waals surface area contributed by atoms with Gasteiger partial charge in [-0.25, -0.2) is 13.9 Å². The minimum atomic E-state index is -0.410. The molecule has 31 heavy (non-hydrogen) atoms. The van der Waals surface area contributed by atoms with Crippen molar-refractivity contribution in [2.24, 2.45) is 5.92 Å². The van der Waals surface area contributed by atoms with Crippen LogP contribution < -0.4 is 4.74 Å². The van der Waals surface area contributed by atoms with E-state index in [9.17, 15) is 9.18 Å². The second-order valence-corrected chi connectivity index (χ2v) is 8.92. The molecule has 3 aromatic rings. The summed E-state index contributed by atoms with van der Waals surface area (Å²) in [5.41, 5.74) is 4.40. The van der Waals surface area contributed by atoms with Crippen molar-refractivity contribution >= 4 is 23.2 Å². The van der Waals surface area contributed by atoms with E-state index in [2.05, 4.69) is 17.0 Å². The quantitative estimate of drug-likeness (QED) is 0.578. The number of fused-ring (bicyclic) bond motifs is 3. The normalized spacial score (nSPS) is 20.1. The molecule has 0 unspecified atom stereocenters. The molecule has 0 atom stereocenters. The van der Waals surface area contributed by atoms with E-state index in [1.807, 2.05) is 13.8 Å². The van der Waals surface area contributed by atoms with Crippen LogP contribution in [0.5, 0.6) is 5.75 Å². The summed E-state index contributed by atoms with van der Waals surface area (Å²) in [6.45, 7) is 6.68. The number of ether oxygens (including phenoxy) is 1. The maximum Gasteiger partial charge on any atom is 0.258 e. The van der Waals surface area contributed by atoms with Crippen LogP contribution in [-0.4, -0.2) is 31.5 Å². The average Bonchev–Trinajstić information content (AvgIpc) is 3.27. The molecular weight excluding hydrogens is 419 g/mol. The van der Waals surface area contributed by atoms with Crippen LogP contribution in [0.2, 0.25) is 5.02 Å².